The van der Waals surface area contributed by atoms with E-state index in [9.17, 15) is 4.79 Å². The van der Waals surface area contributed by atoms with Crippen LogP contribution >= 0.6 is 0 Å². The predicted molar refractivity (Wildman–Crippen MR) is 57.7 cm³/mol. The van der Waals surface area contributed by atoms with Crippen LogP contribution in [0.3, 0.4) is 0 Å². The summed E-state index contributed by atoms with van der Waals surface area (Å²) in [6.07, 6.45) is 1.71. The highest BCUT2D eigenvalue weighted by atomic mass is 16.5. The minimum absolute atomic E-state index is 0.212. The molecule has 1 aromatic rings. The lowest BCUT2D eigenvalue weighted by atomic mass is 10.1. The summed E-state index contributed by atoms with van der Waals surface area (Å²) in [5.74, 6) is 0.760. The number of rotatable bonds is 4. The highest BCUT2D eigenvalue weighted by molar-refractivity contribution is 5.76. The molecule has 84 valence electrons. The van der Waals surface area contributed by atoms with Gasteiger partial charge in [0.15, 0.2) is 0 Å². The van der Waals surface area contributed by atoms with Crippen LogP contribution in [0.2, 0.25) is 0 Å². The zero-order valence-corrected chi connectivity index (χ0v) is 9.70. The molecule has 1 aromatic heterocycles. The summed E-state index contributed by atoms with van der Waals surface area (Å²) in [5.41, 5.74) is 0.817. The first-order valence-electron chi connectivity index (χ1n) is 5.27. The molecule has 0 aliphatic rings. The Morgan fingerprint density at radius 3 is 2.67 bits per heavy atom. The van der Waals surface area contributed by atoms with Crippen molar-refractivity contribution < 1.29 is 9.53 Å². The molecule has 1 unspecified atom stereocenters. The number of nitrogens with zero attached hydrogens (tertiary/aromatic N) is 1. The number of imidazole rings is 1. The van der Waals surface area contributed by atoms with E-state index in [2.05, 4.69) is 23.8 Å². The van der Waals surface area contributed by atoms with Crippen molar-refractivity contribution in [2.45, 2.75) is 39.5 Å². The first-order chi connectivity index (χ1) is 7.06. The van der Waals surface area contributed by atoms with Crippen molar-refractivity contribution in [1.82, 2.24) is 9.97 Å². The van der Waals surface area contributed by atoms with Crippen LogP contribution in [0.25, 0.3) is 0 Å². The lowest BCUT2D eigenvalue weighted by Gasteiger charge is -2.08. The van der Waals surface area contributed by atoms with E-state index in [-0.39, 0.29) is 11.9 Å². The van der Waals surface area contributed by atoms with E-state index >= 15 is 0 Å². The molecule has 0 aromatic carbocycles. The van der Waals surface area contributed by atoms with Gasteiger partial charge in [-0.2, -0.15) is 0 Å². The summed E-state index contributed by atoms with van der Waals surface area (Å²) in [6.45, 7) is 8.14. The molecule has 0 amide bonds. The van der Waals surface area contributed by atoms with Gasteiger partial charge in [0.05, 0.1) is 12.5 Å². The molecule has 1 heterocycles. The Balaban J connectivity index is 2.73. The molecular weight excluding hydrogens is 192 g/mol. The van der Waals surface area contributed by atoms with Gasteiger partial charge in [-0.1, -0.05) is 13.8 Å². The molecule has 1 N–H and O–H groups in total. The third-order valence-corrected chi connectivity index (χ3v) is 2.27. The van der Waals surface area contributed by atoms with E-state index in [4.69, 9.17) is 4.74 Å². The Hall–Kier alpha value is -1.32. The van der Waals surface area contributed by atoms with Gasteiger partial charge in [-0.25, -0.2) is 4.98 Å². The Morgan fingerprint density at radius 1 is 1.53 bits per heavy atom. The van der Waals surface area contributed by atoms with Crippen molar-refractivity contribution in [1.29, 1.82) is 0 Å². The van der Waals surface area contributed by atoms with Crippen LogP contribution in [0.4, 0.5) is 0 Å². The molecule has 1 rings (SSSR count). The summed E-state index contributed by atoms with van der Waals surface area (Å²) < 4.78 is 4.94. The molecule has 0 saturated heterocycles. The number of esters is 1. The topological polar surface area (TPSA) is 55.0 Å². The molecule has 15 heavy (non-hydrogen) atoms. The number of aromatic nitrogens is 2. The van der Waals surface area contributed by atoms with Crippen LogP contribution in [0.5, 0.6) is 0 Å². The van der Waals surface area contributed by atoms with Crippen molar-refractivity contribution in [2.24, 2.45) is 0 Å². The van der Waals surface area contributed by atoms with Crippen molar-refractivity contribution in [3.63, 3.8) is 0 Å². The van der Waals surface area contributed by atoms with Gasteiger partial charge in [0.25, 0.3) is 0 Å². The number of hydrogen-bond donors (Lipinski definition) is 1. The van der Waals surface area contributed by atoms with E-state index in [1.807, 2.05) is 6.92 Å². The molecule has 0 spiro atoms. The molecule has 0 aliphatic heterocycles. The lowest BCUT2D eigenvalue weighted by molar-refractivity contribution is -0.144. The maximum absolute atomic E-state index is 11.5. The fraction of sp³-hybridized carbons (Fsp3) is 0.636. The molecular formula is C11H18N2O2. The molecule has 0 fully saturated rings. The number of carbonyl (C=O) groups excluding carboxylic acids is 1. The first-order valence-corrected chi connectivity index (χ1v) is 5.27. The normalized spacial score (nSPS) is 12.9. The van der Waals surface area contributed by atoms with Gasteiger partial charge >= 0.3 is 5.97 Å². The molecule has 4 heteroatoms. The van der Waals surface area contributed by atoms with E-state index in [1.165, 1.54) is 0 Å². The quantitative estimate of drug-likeness (QED) is 0.775. The minimum Gasteiger partial charge on any atom is -0.465 e. The Bertz CT molecular complexity index is 331. The Morgan fingerprint density at radius 2 is 2.20 bits per heavy atom. The second-order valence-electron chi connectivity index (χ2n) is 3.85. The summed E-state index contributed by atoms with van der Waals surface area (Å²) in [5, 5.41) is 0. The number of ether oxygens (including phenoxy) is 1. The fourth-order valence-electron chi connectivity index (χ4n) is 1.26. The van der Waals surface area contributed by atoms with Crippen LogP contribution in [0.15, 0.2) is 6.20 Å². The van der Waals surface area contributed by atoms with Crippen LogP contribution < -0.4 is 0 Å². The van der Waals surface area contributed by atoms with Crippen LogP contribution in [0, 0.1) is 0 Å². The fourth-order valence-corrected chi connectivity index (χ4v) is 1.26. The van der Waals surface area contributed by atoms with Gasteiger partial charge < -0.3 is 9.72 Å². The molecule has 0 radical (unpaired) electrons. The third kappa shape index (κ3) is 2.81. The van der Waals surface area contributed by atoms with E-state index in [0.717, 1.165) is 11.5 Å². The number of nitrogens with one attached hydrogen (secondary N) is 1. The van der Waals surface area contributed by atoms with Gasteiger partial charge in [-0.3, -0.25) is 4.79 Å². The Labute approximate surface area is 90.1 Å². The number of carbonyl (C=O) groups is 1. The smallest absolute Gasteiger partial charge is 0.314 e. The van der Waals surface area contributed by atoms with Crippen LogP contribution in [-0.2, 0) is 9.53 Å². The molecule has 0 aliphatic carbocycles. The first kappa shape index (κ1) is 11.8. The summed E-state index contributed by atoms with van der Waals surface area (Å²) in [6, 6.07) is 0. The monoisotopic (exact) mass is 210 g/mol. The molecule has 0 saturated carbocycles. The Kier molecular flexibility index (Phi) is 3.88. The van der Waals surface area contributed by atoms with Crippen molar-refractivity contribution in [3.8, 4) is 0 Å². The zero-order valence-electron chi connectivity index (χ0n) is 9.70. The summed E-state index contributed by atoms with van der Waals surface area (Å²) in [4.78, 5) is 18.8. The molecule has 0 bridgehead atoms. The number of hydrogen-bond acceptors (Lipinski definition) is 3. The summed E-state index contributed by atoms with van der Waals surface area (Å²) >= 11 is 0. The zero-order chi connectivity index (χ0) is 11.4. The van der Waals surface area contributed by atoms with Crippen LogP contribution in [-0.4, -0.2) is 22.5 Å². The van der Waals surface area contributed by atoms with Gasteiger partial charge in [-0.15, -0.1) is 0 Å². The van der Waals surface area contributed by atoms with Crippen LogP contribution in [0.1, 0.15) is 51.0 Å². The van der Waals surface area contributed by atoms with Gasteiger partial charge in [0, 0.05) is 17.8 Å². The SMILES string of the molecule is CCOC(=O)C(C)c1cnc(C(C)C)[nH]1. The third-order valence-electron chi connectivity index (χ3n) is 2.27. The number of H-pyrrole nitrogens is 1. The van der Waals surface area contributed by atoms with Crippen molar-refractivity contribution in [3.05, 3.63) is 17.7 Å². The number of aromatic amines is 1. The van der Waals surface area contributed by atoms with Crippen molar-refractivity contribution in [2.75, 3.05) is 6.61 Å². The van der Waals surface area contributed by atoms with Gasteiger partial charge in [0.1, 0.15) is 5.82 Å². The van der Waals surface area contributed by atoms with E-state index < -0.39 is 0 Å². The predicted octanol–water partition coefficient (Wildman–Crippen LogP) is 2.20. The standard InChI is InChI=1S/C11H18N2O2/c1-5-15-11(14)8(4)9-6-12-10(13-9)7(2)3/h6-8H,5H2,1-4H3,(H,12,13). The maximum Gasteiger partial charge on any atom is 0.314 e. The second-order valence-corrected chi connectivity index (χ2v) is 3.85. The minimum atomic E-state index is -0.273. The molecule has 4 nitrogen and oxygen atoms in total. The molecule has 1 atom stereocenters. The van der Waals surface area contributed by atoms with Gasteiger partial charge in [-0.05, 0) is 13.8 Å². The lowest BCUT2D eigenvalue weighted by Crippen LogP contribution is -2.13. The highest BCUT2D eigenvalue weighted by Gasteiger charge is 2.19. The van der Waals surface area contributed by atoms with E-state index in [1.54, 1.807) is 13.1 Å². The largest absolute Gasteiger partial charge is 0.465 e. The average Bonchev–Trinajstić information content (AvgIpc) is 2.65. The maximum atomic E-state index is 11.5. The van der Waals surface area contributed by atoms with E-state index in [0.29, 0.717) is 12.5 Å². The summed E-state index contributed by atoms with van der Waals surface area (Å²) in [7, 11) is 0. The highest BCUT2D eigenvalue weighted by Crippen LogP contribution is 2.17. The van der Waals surface area contributed by atoms with Gasteiger partial charge in [0.2, 0.25) is 0 Å². The second kappa shape index (κ2) is 4.96. The average molecular weight is 210 g/mol. The van der Waals surface area contributed by atoms with Crippen molar-refractivity contribution >= 4 is 5.97 Å².